The number of ether oxygens (including phenoxy) is 1. The minimum absolute atomic E-state index is 0.575. The van der Waals surface area contributed by atoms with Gasteiger partial charge in [-0.05, 0) is 31.2 Å². The van der Waals surface area contributed by atoms with E-state index in [-0.39, 0.29) is 0 Å². The fourth-order valence-corrected chi connectivity index (χ4v) is 2.93. The molecule has 108 valence electrons. The SMILES string of the molecule is CCOc1ccc(-c2nc3ccncc3[nH]2)c(S(C)=O)c1. The fourth-order valence-electron chi connectivity index (χ4n) is 2.18. The second-order valence-electron chi connectivity index (χ2n) is 4.52. The van der Waals surface area contributed by atoms with E-state index in [0.717, 1.165) is 16.6 Å². The first-order chi connectivity index (χ1) is 10.2. The molecule has 0 aliphatic carbocycles. The molecule has 1 atom stereocenters. The summed E-state index contributed by atoms with van der Waals surface area (Å²) in [5.41, 5.74) is 2.51. The molecule has 0 bridgehead atoms. The van der Waals surface area contributed by atoms with E-state index in [2.05, 4.69) is 15.0 Å². The molecule has 0 radical (unpaired) electrons. The number of benzene rings is 1. The third-order valence-electron chi connectivity index (χ3n) is 3.11. The number of hydrogen-bond acceptors (Lipinski definition) is 4. The van der Waals surface area contributed by atoms with Crippen LogP contribution in [0.3, 0.4) is 0 Å². The van der Waals surface area contributed by atoms with E-state index in [9.17, 15) is 4.21 Å². The number of aromatic amines is 1. The molecule has 2 aromatic heterocycles. The quantitative estimate of drug-likeness (QED) is 0.804. The summed E-state index contributed by atoms with van der Waals surface area (Å²) in [5.74, 6) is 1.40. The summed E-state index contributed by atoms with van der Waals surface area (Å²) in [5, 5.41) is 0. The third-order valence-corrected chi connectivity index (χ3v) is 4.07. The van der Waals surface area contributed by atoms with Crippen molar-refractivity contribution in [1.29, 1.82) is 0 Å². The van der Waals surface area contributed by atoms with Crippen molar-refractivity contribution in [2.24, 2.45) is 0 Å². The maximum atomic E-state index is 12.0. The molecule has 5 nitrogen and oxygen atoms in total. The summed E-state index contributed by atoms with van der Waals surface area (Å²) in [7, 11) is -1.13. The topological polar surface area (TPSA) is 67.9 Å². The number of hydrogen-bond donors (Lipinski definition) is 1. The van der Waals surface area contributed by atoms with Crippen LogP contribution in [-0.2, 0) is 10.8 Å². The standard InChI is InChI=1S/C15H15N3O2S/c1-3-20-10-4-5-11(14(8-10)21(2)19)15-17-12-6-7-16-9-13(12)18-15/h4-9H,3H2,1-2H3,(H,17,18). The molecular formula is C15H15N3O2S. The van der Waals surface area contributed by atoms with Crippen molar-refractivity contribution in [3.05, 3.63) is 36.7 Å². The Kier molecular flexibility index (Phi) is 3.70. The minimum atomic E-state index is -1.13. The lowest BCUT2D eigenvalue weighted by Gasteiger charge is -2.08. The first-order valence-corrected chi connectivity index (χ1v) is 8.15. The molecule has 2 heterocycles. The van der Waals surface area contributed by atoms with Gasteiger partial charge in [0.1, 0.15) is 11.6 Å². The van der Waals surface area contributed by atoms with E-state index >= 15 is 0 Å². The van der Waals surface area contributed by atoms with Crippen LogP contribution in [0.5, 0.6) is 5.75 Å². The molecule has 3 rings (SSSR count). The van der Waals surface area contributed by atoms with E-state index < -0.39 is 10.8 Å². The molecule has 0 saturated heterocycles. The van der Waals surface area contributed by atoms with Crippen LogP contribution in [-0.4, -0.2) is 32.0 Å². The lowest BCUT2D eigenvalue weighted by Crippen LogP contribution is -1.97. The highest BCUT2D eigenvalue weighted by atomic mass is 32.2. The van der Waals surface area contributed by atoms with Crippen LogP contribution < -0.4 is 4.74 Å². The van der Waals surface area contributed by atoms with Crippen LogP contribution in [0.15, 0.2) is 41.6 Å². The largest absolute Gasteiger partial charge is 0.494 e. The summed E-state index contributed by atoms with van der Waals surface area (Å²) >= 11 is 0. The van der Waals surface area contributed by atoms with Gasteiger partial charge in [0, 0.05) is 18.0 Å². The van der Waals surface area contributed by atoms with Crippen molar-refractivity contribution in [3.8, 4) is 17.1 Å². The number of pyridine rings is 1. The molecule has 0 spiro atoms. The molecular weight excluding hydrogens is 286 g/mol. The molecule has 3 aromatic rings. The number of rotatable bonds is 4. The maximum Gasteiger partial charge on any atom is 0.139 e. The van der Waals surface area contributed by atoms with Gasteiger partial charge >= 0.3 is 0 Å². The highest BCUT2D eigenvalue weighted by molar-refractivity contribution is 7.84. The molecule has 0 fully saturated rings. The van der Waals surface area contributed by atoms with Gasteiger partial charge in [-0.25, -0.2) is 4.98 Å². The molecule has 0 saturated carbocycles. The number of aromatic nitrogens is 3. The molecule has 1 unspecified atom stereocenters. The third kappa shape index (κ3) is 2.67. The second-order valence-corrected chi connectivity index (χ2v) is 5.87. The van der Waals surface area contributed by atoms with E-state index in [1.54, 1.807) is 24.7 Å². The molecule has 1 aromatic carbocycles. The Bertz CT molecular complexity index is 781. The highest BCUT2D eigenvalue weighted by Crippen LogP contribution is 2.29. The Labute approximate surface area is 124 Å². The van der Waals surface area contributed by atoms with Crippen LogP contribution in [0.25, 0.3) is 22.4 Å². The Hall–Kier alpha value is -2.21. The van der Waals surface area contributed by atoms with Crippen molar-refractivity contribution in [2.45, 2.75) is 11.8 Å². The molecule has 6 heteroatoms. The van der Waals surface area contributed by atoms with Crippen molar-refractivity contribution in [3.63, 3.8) is 0 Å². The predicted molar refractivity (Wildman–Crippen MR) is 82.8 cm³/mol. The van der Waals surface area contributed by atoms with E-state index in [1.165, 1.54) is 0 Å². The summed E-state index contributed by atoms with van der Waals surface area (Å²) < 4.78 is 17.5. The van der Waals surface area contributed by atoms with Crippen LogP contribution in [0.2, 0.25) is 0 Å². The molecule has 0 aliphatic rings. The number of nitrogens with one attached hydrogen (secondary N) is 1. The second kappa shape index (κ2) is 5.65. The van der Waals surface area contributed by atoms with Crippen molar-refractivity contribution in [1.82, 2.24) is 15.0 Å². The van der Waals surface area contributed by atoms with Crippen molar-refractivity contribution >= 4 is 21.8 Å². The van der Waals surface area contributed by atoms with Gasteiger partial charge in [-0.1, -0.05) is 0 Å². The van der Waals surface area contributed by atoms with E-state index in [4.69, 9.17) is 4.74 Å². The van der Waals surface area contributed by atoms with Gasteiger partial charge in [0.25, 0.3) is 0 Å². The number of imidazole rings is 1. The van der Waals surface area contributed by atoms with Gasteiger partial charge in [-0.2, -0.15) is 0 Å². The average molecular weight is 301 g/mol. The Morgan fingerprint density at radius 3 is 2.90 bits per heavy atom. The minimum Gasteiger partial charge on any atom is -0.494 e. The zero-order valence-electron chi connectivity index (χ0n) is 11.8. The van der Waals surface area contributed by atoms with E-state index in [0.29, 0.717) is 23.1 Å². The number of H-pyrrole nitrogens is 1. The van der Waals surface area contributed by atoms with Crippen LogP contribution >= 0.6 is 0 Å². The Morgan fingerprint density at radius 1 is 1.33 bits per heavy atom. The van der Waals surface area contributed by atoms with Crippen molar-refractivity contribution in [2.75, 3.05) is 12.9 Å². The molecule has 0 amide bonds. The molecule has 1 N–H and O–H groups in total. The Morgan fingerprint density at radius 2 is 2.19 bits per heavy atom. The lowest BCUT2D eigenvalue weighted by molar-refractivity contribution is 0.339. The lowest BCUT2D eigenvalue weighted by atomic mass is 10.2. The molecule has 21 heavy (non-hydrogen) atoms. The van der Waals surface area contributed by atoms with Crippen LogP contribution in [0, 0.1) is 0 Å². The maximum absolute atomic E-state index is 12.0. The summed E-state index contributed by atoms with van der Waals surface area (Å²) in [4.78, 5) is 12.5. The number of fused-ring (bicyclic) bond motifs is 1. The van der Waals surface area contributed by atoms with Gasteiger partial charge in [-0.3, -0.25) is 9.19 Å². The van der Waals surface area contributed by atoms with Crippen molar-refractivity contribution < 1.29 is 8.95 Å². The average Bonchev–Trinajstić information content (AvgIpc) is 2.91. The first kappa shape index (κ1) is 13.8. The van der Waals surface area contributed by atoms with Gasteiger partial charge in [0.15, 0.2) is 0 Å². The van der Waals surface area contributed by atoms with Crippen LogP contribution in [0.1, 0.15) is 6.92 Å². The van der Waals surface area contributed by atoms with Gasteiger partial charge in [0.05, 0.1) is 39.5 Å². The highest BCUT2D eigenvalue weighted by Gasteiger charge is 2.13. The number of nitrogens with zero attached hydrogens (tertiary/aromatic N) is 2. The zero-order valence-corrected chi connectivity index (χ0v) is 12.6. The smallest absolute Gasteiger partial charge is 0.139 e. The monoisotopic (exact) mass is 301 g/mol. The van der Waals surface area contributed by atoms with Gasteiger partial charge < -0.3 is 9.72 Å². The first-order valence-electron chi connectivity index (χ1n) is 6.59. The van der Waals surface area contributed by atoms with Crippen LogP contribution in [0.4, 0.5) is 0 Å². The molecule has 0 aliphatic heterocycles. The van der Waals surface area contributed by atoms with Gasteiger partial charge in [0.2, 0.25) is 0 Å². The Balaban J connectivity index is 2.14. The fraction of sp³-hybridized carbons (Fsp3) is 0.200. The van der Waals surface area contributed by atoms with Gasteiger partial charge in [-0.15, -0.1) is 0 Å². The summed E-state index contributed by atoms with van der Waals surface area (Å²) in [6.45, 7) is 2.49. The zero-order chi connectivity index (χ0) is 14.8. The predicted octanol–water partition coefficient (Wildman–Crippen LogP) is 2.76. The normalized spacial score (nSPS) is 12.5. The summed E-state index contributed by atoms with van der Waals surface area (Å²) in [6, 6.07) is 7.39. The van der Waals surface area contributed by atoms with E-state index in [1.807, 2.05) is 25.1 Å². The summed E-state index contributed by atoms with van der Waals surface area (Å²) in [6.07, 6.45) is 5.08.